The van der Waals surface area contributed by atoms with Gasteiger partial charge in [0.2, 0.25) is 0 Å². The smallest absolute Gasteiger partial charge is 0.308 e. The van der Waals surface area contributed by atoms with Crippen LogP contribution in [0.5, 0.6) is 0 Å². The van der Waals surface area contributed by atoms with Crippen LogP contribution in [0.3, 0.4) is 0 Å². The van der Waals surface area contributed by atoms with Crippen LogP contribution in [0.1, 0.15) is 33.4 Å². The van der Waals surface area contributed by atoms with E-state index in [0.717, 1.165) is 83.1 Å². The van der Waals surface area contributed by atoms with Crippen LogP contribution in [0, 0.1) is 45.6 Å². The Balaban J connectivity index is 1.33. The molecule has 0 saturated heterocycles. The van der Waals surface area contributed by atoms with Gasteiger partial charge in [-0.1, -0.05) is 114 Å². The van der Waals surface area contributed by atoms with Crippen molar-refractivity contribution in [1.82, 2.24) is 9.13 Å². The zero-order valence-electron chi connectivity index (χ0n) is 34.4. The summed E-state index contributed by atoms with van der Waals surface area (Å²) in [4.78, 5) is 3.62. The van der Waals surface area contributed by atoms with Gasteiger partial charge in [0.15, 0.2) is 5.69 Å². The molecule has 0 aliphatic rings. The Morgan fingerprint density at radius 2 is 1.00 bits per heavy atom. The molecular formula is C55H37F3N4. The van der Waals surface area contributed by atoms with E-state index in [0.29, 0.717) is 11.4 Å². The Morgan fingerprint density at radius 3 is 1.45 bits per heavy atom. The van der Waals surface area contributed by atoms with E-state index < -0.39 is 11.7 Å². The maximum Gasteiger partial charge on any atom is 0.415 e. The zero-order chi connectivity index (χ0) is 43.0. The van der Waals surface area contributed by atoms with E-state index in [1.165, 1.54) is 23.3 Å². The van der Waals surface area contributed by atoms with Gasteiger partial charge in [-0.3, -0.25) is 0 Å². The molecule has 0 fully saturated rings. The highest BCUT2D eigenvalue weighted by molar-refractivity contribution is 6.12. The van der Waals surface area contributed by atoms with Gasteiger partial charge in [0.25, 0.3) is 0 Å². The van der Waals surface area contributed by atoms with E-state index in [1.807, 2.05) is 69.8 Å². The van der Waals surface area contributed by atoms with Gasteiger partial charge in [-0.2, -0.15) is 18.4 Å². The Hall–Kier alpha value is -7.87. The molecule has 0 aliphatic heterocycles. The number of fused-ring (bicyclic) bond motifs is 6. The summed E-state index contributed by atoms with van der Waals surface area (Å²) >= 11 is 0. The lowest BCUT2D eigenvalue weighted by Crippen LogP contribution is -2.09. The lowest BCUT2D eigenvalue weighted by Gasteiger charge is -2.21. The fourth-order valence-electron chi connectivity index (χ4n) is 9.47. The third-order valence-corrected chi connectivity index (χ3v) is 12.2. The summed E-state index contributed by atoms with van der Waals surface area (Å²) in [5.41, 5.74) is 12.0. The fourth-order valence-corrected chi connectivity index (χ4v) is 9.47. The first-order chi connectivity index (χ1) is 29.9. The number of rotatable bonds is 5. The van der Waals surface area contributed by atoms with Crippen LogP contribution in [-0.4, -0.2) is 9.13 Å². The molecule has 7 heteroatoms. The highest BCUT2D eigenvalue weighted by Crippen LogP contribution is 2.47. The number of benzene rings is 8. The van der Waals surface area contributed by atoms with Crippen LogP contribution < -0.4 is 0 Å². The quantitative estimate of drug-likeness (QED) is 0.160. The van der Waals surface area contributed by atoms with Crippen molar-refractivity contribution < 1.29 is 13.2 Å². The summed E-state index contributed by atoms with van der Waals surface area (Å²) < 4.78 is 49.2. The van der Waals surface area contributed by atoms with E-state index in [9.17, 15) is 5.26 Å². The average Bonchev–Trinajstić information content (AvgIpc) is 3.77. The Morgan fingerprint density at radius 1 is 0.516 bits per heavy atom. The number of hydrogen-bond acceptors (Lipinski definition) is 1. The van der Waals surface area contributed by atoms with Crippen LogP contribution in [0.25, 0.3) is 93.2 Å². The molecule has 2 heterocycles. The largest absolute Gasteiger partial charge is 0.415 e. The summed E-state index contributed by atoms with van der Waals surface area (Å²) in [5, 5.41) is 15.1. The van der Waals surface area contributed by atoms with Crippen molar-refractivity contribution in [3.63, 3.8) is 0 Å². The highest BCUT2D eigenvalue weighted by atomic mass is 19.4. The van der Waals surface area contributed by atoms with Gasteiger partial charge in [-0.05, 0) is 121 Å². The maximum atomic E-state index is 15.1. The molecule has 0 radical (unpaired) electrons. The lowest BCUT2D eigenvalue weighted by atomic mass is 9.94. The first-order valence-corrected chi connectivity index (χ1v) is 20.3. The van der Waals surface area contributed by atoms with Crippen LogP contribution >= 0.6 is 0 Å². The van der Waals surface area contributed by atoms with Gasteiger partial charge in [0.05, 0.1) is 45.6 Å². The predicted octanol–water partition coefficient (Wildman–Crippen LogP) is 15.6. The number of aromatic nitrogens is 2. The van der Waals surface area contributed by atoms with Crippen LogP contribution in [-0.2, 0) is 6.18 Å². The molecule has 10 aromatic rings. The van der Waals surface area contributed by atoms with Gasteiger partial charge < -0.3 is 9.13 Å². The number of nitrogens with zero attached hydrogens (tertiary/aromatic N) is 4. The molecule has 0 N–H and O–H groups in total. The van der Waals surface area contributed by atoms with E-state index in [4.69, 9.17) is 6.57 Å². The minimum absolute atomic E-state index is 0.137. The summed E-state index contributed by atoms with van der Waals surface area (Å²) in [5.74, 6) is 0. The highest BCUT2D eigenvalue weighted by Gasteiger charge is 2.35. The van der Waals surface area contributed by atoms with Crippen molar-refractivity contribution in [1.29, 1.82) is 5.26 Å². The average molecular weight is 811 g/mol. The summed E-state index contributed by atoms with van der Waals surface area (Å²) in [6.45, 7) is 16.4. The van der Waals surface area contributed by atoms with E-state index in [1.54, 1.807) is 12.1 Å². The number of halogens is 3. The van der Waals surface area contributed by atoms with Crippen LogP contribution in [0.15, 0.2) is 152 Å². The number of para-hydroxylation sites is 2. The fraction of sp³-hybridized carbons (Fsp3) is 0.0909. The zero-order valence-corrected chi connectivity index (χ0v) is 34.4. The maximum absolute atomic E-state index is 15.1. The molecule has 4 nitrogen and oxygen atoms in total. The second kappa shape index (κ2) is 14.4. The second-order valence-electron chi connectivity index (χ2n) is 16.1. The molecule has 62 heavy (non-hydrogen) atoms. The van der Waals surface area contributed by atoms with Gasteiger partial charge >= 0.3 is 6.18 Å². The molecule has 298 valence electrons. The number of aryl methyl sites for hydroxylation is 4. The molecule has 0 bridgehead atoms. The van der Waals surface area contributed by atoms with Gasteiger partial charge in [-0.25, -0.2) is 4.85 Å². The molecule has 0 aliphatic carbocycles. The van der Waals surface area contributed by atoms with Crippen LogP contribution in [0.4, 0.5) is 18.9 Å². The van der Waals surface area contributed by atoms with Crippen molar-refractivity contribution in [3.05, 3.63) is 196 Å². The van der Waals surface area contributed by atoms with Crippen molar-refractivity contribution in [3.8, 4) is 50.8 Å². The van der Waals surface area contributed by atoms with Crippen molar-refractivity contribution in [2.45, 2.75) is 33.9 Å². The molecule has 0 spiro atoms. The second-order valence-corrected chi connectivity index (χ2v) is 16.1. The van der Waals surface area contributed by atoms with Gasteiger partial charge in [0.1, 0.15) is 11.6 Å². The molecule has 8 aromatic carbocycles. The predicted molar refractivity (Wildman–Crippen MR) is 246 cm³/mol. The summed E-state index contributed by atoms with van der Waals surface area (Å²) in [6, 6.07) is 50.6. The van der Waals surface area contributed by atoms with E-state index in [2.05, 4.69) is 99.3 Å². The molecular weight excluding hydrogens is 774 g/mol. The van der Waals surface area contributed by atoms with Crippen molar-refractivity contribution in [2.24, 2.45) is 0 Å². The minimum atomic E-state index is -4.76. The standard InChI is InChI=1S/C55H37F3N4/c1-32-17-21-39(34(3)25-32)36-19-23-50-43(27-36)41-11-6-8-15-48(41)61(50)52-29-38(54-46(55(56,57)58)13-10-14-47(54)60-5)30-53(45(52)31-59)62-49-16-9-7-12-42(49)44-28-37(20-24-51(44)62)40-22-18-33(2)26-35(40)4/h6-30H,1-4H3. The topological polar surface area (TPSA) is 38.0 Å². The molecule has 0 saturated carbocycles. The minimum Gasteiger partial charge on any atom is -0.308 e. The van der Waals surface area contributed by atoms with Crippen molar-refractivity contribution >= 4 is 49.3 Å². The third-order valence-electron chi connectivity index (χ3n) is 12.2. The van der Waals surface area contributed by atoms with E-state index in [-0.39, 0.29) is 22.4 Å². The SMILES string of the molecule is [C-]#[N+]c1cccc(C(F)(F)F)c1-c1cc(-n2c3ccccc3c3cc(-c4ccc(C)cc4C)ccc32)c(C#N)c(-n2c3ccccc3c3cc(-c4ccc(C)cc4C)ccc32)c1. The summed E-state index contributed by atoms with van der Waals surface area (Å²) in [6.07, 6.45) is -4.76. The van der Waals surface area contributed by atoms with Crippen LogP contribution in [0.2, 0.25) is 0 Å². The summed E-state index contributed by atoms with van der Waals surface area (Å²) in [7, 11) is 0. The monoisotopic (exact) mass is 810 g/mol. The Labute approximate surface area is 356 Å². The number of alkyl halides is 3. The van der Waals surface area contributed by atoms with E-state index >= 15 is 13.2 Å². The lowest BCUT2D eigenvalue weighted by molar-refractivity contribution is -0.137. The Bertz CT molecular complexity index is 3400. The first-order valence-electron chi connectivity index (χ1n) is 20.3. The Kier molecular flexibility index (Phi) is 8.91. The third kappa shape index (κ3) is 6.05. The molecule has 0 amide bonds. The van der Waals surface area contributed by atoms with Gasteiger partial charge in [0, 0.05) is 21.5 Å². The molecule has 0 unspecified atom stereocenters. The number of nitriles is 1. The van der Waals surface area contributed by atoms with Crippen molar-refractivity contribution in [2.75, 3.05) is 0 Å². The molecule has 2 aromatic heterocycles. The normalized spacial score (nSPS) is 11.8. The molecule has 10 rings (SSSR count). The first kappa shape index (κ1) is 38.3. The molecule has 0 atom stereocenters. The van der Waals surface area contributed by atoms with Gasteiger partial charge in [-0.15, -0.1) is 0 Å². The number of hydrogen-bond donors (Lipinski definition) is 0.